The predicted molar refractivity (Wildman–Crippen MR) is 75.1 cm³/mol. The summed E-state index contributed by atoms with van der Waals surface area (Å²) in [4.78, 5) is 8.47. The lowest BCUT2D eigenvalue weighted by atomic mass is 10.2. The lowest BCUT2D eigenvalue weighted by molar-refractivity contribution is 0.717. The van der Waals surface area contributed by atoms with Gasteiger partial charge >= 0.3 is 0 Å². The molecular formula is C13H18ClN3. The van der Waals surface area contributed by atoms with Crippen LogP contribution in [0.3, 0.4) is 0 Å². The highest BCUT2D eigenvalue weighted by atomic mass is 35.5. The molecule has 0 radical (unpaired) electrons. The number of rotatable bonds is 3. The fourth-order valence-corrected chi connectivity index (χ4v) is 1.52. The normalized spacial score (nSPS) is 14.6. The molecule has 0 amide bonds. The highest BCUT2D eigenvalue weighted by molar-refractivity contribution is 6.66. The first kappa shape index (κ1) is 13.7. The Morgan fingerprint density at radius 2 is 2.00 bits per heavy atom. The molecule has 3 nitrogen and oxygen atoms in total. The summed E-state index contributed by atoms with van der Waals surface area (Å²) in [5, 5.41) is 3.39. The van der Waals surface area contributed by atoms with Gasteiger partial charge in [-0.05, 0) is 24.9 Å². The van der Waals surface area contributed by atoms with Gasteiger partial charge in [0.05, 0.1) is 6.04 Å². The van der Waals surface area contributed by atoms with E-state index in [1.807, 2.05) is 37.3 Å². The quantitative estimate of drug-likeness (QED) is 0.500. The number of benzene rings is 1. The van der Waals surface area contributed by atoms with Crippen molar-refractivity contribution in [3.8, 4) is 0 Å². The number of nitrogens with one attached hydrogen (secondary N) is 1. The minimum Gasteiger partial charge on any atom is -0.315 e. The molecule has 92 valence electrons. The van der Waals surface area contributed by atoms with E-state index in [2.05, 4.69) is 22.2 Å². The number of hydrogen-bond donors (Lipinski definition) is 1. The zero-order valence-corrected chi connectivity index (χ0v) is 11.2. The van der Waals surface area contributed by atoms with Gasteiger partial charge in [0.15, 0.2) is 5.29 Å². The van der Waals surface area contributed by atoms with E-state index >= 15 is 0 Å². The van der Waals surface area contributed by atoms with Gasteiger partial charge in [0.1, 0.15) is 5.84 Å². The van der Waals surface area contributed by atoms with Crippen LogP contribution < -0.4 is 5.32 Å². The van der Waals surface area contributed by atoms with E-state index in [0.29, 0.717) is 5.29 Å². The fourth-order valence-electron chi connectivity index (χ4n) is 1.27. The first-order chi connectivity index (χ1) is 8.17. The van der Waals surface area contributed by atoms with Gasteiger partial charge in [0.25, 0.3) is 0 Å². The molecule has 0 heterocycles. The van der Waals surface area contributed by atoms with Gasteiger partial charge in [-0.2, -0.15) is 0 Å². The van der Waals surface area contributed by atoms with Crippen molar-refractivity contribution in [2.45, 2.75) is 26.3 Å². The third-order valence-electron chi connectivity index (χ3n) is 2.42. The van der Waals surface area contributed by atoms with Gasteiger partial charge < -0.3 is 5.32 Å². The van der Waals surface area contributed by atoms with Gasteiger partial charge in [-0.25, -0.2) is 0 Å². The van der Waals surface area contributed by atoms with Crippen molar-refractivity contribution >= 4 is 22.7 Å². The smallest absolute Gasteiger partial charge is 0.197 e. The largest absolute Gasteiger partial charge is 0.315 e. The van der Waals surface area contributed by atoms with Gasteiger partial charge in [-0.3, -0.25) is 9.98 Å². The molecule has 1 aromatic carbocycles. The maximum atomic E-state index is 6.04. The van der Waals surface area contributed by atoms with E-state index in [4.69, 9.17) is 11.6 Å². The summed E-state index contributed by atoms with van der Waals surface area (Å²) < 4.78 is 0. The van der Waals surface area contributed by atoms with Crippen molar-refractivity contribution in [3.05, 3.63) is 35.9 Å². The number of amidine groups is 2. The number of aliphatic imine (C=N–C) groups is 2. The van der Waals surface area contributed by atoms with Gasteiger partial charge in [-0.1, -0.05) is 37.3 Å². The average Bonchev–Trinajstić information content (AvgIpc) is 2.36. The van der Waals surface area contributed by atoms with Crippen LogP contribution in [0.4, 0.5) is 0 Å². The minimum absolute atomic E-state index is 0.212. The summed E-state index contributed by atoms with van der Waals surface area (Å²) in [6, 6.07) is 10.0. The molecule has 0 aromatic heterocycles. The maximum Gasteiger partial charge on any atom is 0.197 e. The molecule has 4 heteroatoms. The average molecular weight is 252 g/mol. The van der Waals surface area contributed by atoms with Crippen LogP contribution in [-0.4, -0.2) is 24.2 Å². The molecule has 1 aromatic rings. The Morgan fingerprint density at radius 3 is 2.53 bits per heavy atom. The predicted octanol–water partition coefficient (Wildman–Crippen LogP) is 3.05. The second-order valence-corrected chi connectivity index (χ2v) is 4.10. The zero-order valence-electron chi connectivity index (χ0n) is 10.4. The molecule has 1 rings (SSSR count). The Labute approximate surface area is 108 Å². The summed E-state index contributed by atoms with van der Waals surface area (Å²) in [5.41, 5.74) is 0.993. The van der Waals surface area contributed by atoms with E-state index in [0.717, 1.165) is 17.8 Å². The molecule has 0 aliphatic carbocycles. The summed E-state index contributed by atoms with van der Waals surface area (Å²) in [6.45, 7) is 4.10. The van der Waals surface area contributed by atoms with Crippen molar-refractivity contribution in [2.24, 2.45) is 9.98 Å². The van der Waals surface area contributed by atoms with Crippen LogP contribution in [0.15, 0.2) is 40.3 Å². The molecule has 0 fully saturated rings. The standard InChI is InChI=1S/C13H18ClN3/c1-4-10(2)16-13(14)17-12(15-3)11-8-6-5-7-9-11/h5-10H,4H2,1-3H3,(H,15,16,17). The monoisotopic (exact) mass is 251 g/mol. The fraction of sp³-hybridized carbons (Fsp3) is 0.385. The van der Waals surface area contributed by atoms with Crippen molar-refractivity contribution in [2.75, 3.05) is 7.05 Å². The molecule has 0 saturated carbocycles. The number of halogens is 1. The highest BCUT2D eigenvalue weighted by Gasteiger charge is 2.04. The molecule has 17 heavy (non-hydrogen) atoms. The second kappa shape index (κ2) is 7.07. The van der Waals surface area contributed by atoms with E-state index < -0.39 is 0 Å². The Morgan fingerprint density at radius 1 is 1.35 bits per heavy atom. The Hall–Kier alpha value is -1.35. The van der Waals surface area contributed by atoms with Crippen molar-refractivity contribution in [1.29, 1.82) is 0 Å². The zero-order chi connectivity index (χ0) is 12.7. The lowest BCUT2D eigenvalue weighted by Gasteiger charge is -2.09. The molecule has 0 aliphatic heterocycles. The van der Waals surface area contributed by atoms with Crippen molar-refractivity contribution in [1.82, 2.24) is 5.32 Å². The maximum absolute atomic E-state index is 6.04. The summed E-state index contributed by atoms with van der Waals surface area (Å²) in [6.07, 6.45) is 0.960. The van der Waals surface area contributed by atoms with Crippen molar-refractivity contribution < 1.29 is 0 Å². The first-order valence-electron chi connectivity index (χ1n) is 5.69. The summed E-state index contributed by atoms with van der Waals surface area (Å²) in [5.74, 6) is 0.725. The van der Waals surface area contributed by atoms with Gasteiger partial charge in [-0.15, -0.1) is 0 Å². The number of hydrogen-bond acceptors (Lipinski definition) is 2. The van der Waals surface area contributed by atoms with Crippen LogP contribution in [0, 0.1) is 0 Å². The molecule has 1 N–H and O–H groups in total. The molecule has 0 bridgehead atoms. The van der Waals surface area contributed by atoms with Gasteiger partial charge in [0, 0.05) is 12.6 Å². The first-order valence-corrected chi connectivity index (χ1v) is 6.07. The summed E-state index contributed by atoms with van der Waals surface area (Å²) >= 11 is 6.04. The Bertz CT molecular complexity index is 398. The highest BCUT2D eigenvalue weighted by Crippen LogP contribution is 2.01. The van der Waals surface area contributed by atoms with Crippen LogP contribution in [0.5, 0.6) is 0 Å². The molecule has 0 spiro atoms. The molecule has 0 saturated heterocycles. The Balaban J connectivity index is 2.76. The third kappa shape index (κ3) is 4.57. The lowest BCUT2D eigenvalue weighted by Crippen LogP contribution is -2.28. The third-order valence-corrected chi connectivity index (χ3v) is 2.61. The van der Waals surface area contributed by atoms with Crippen LogP contribution >= 0.6 is 11.6 Å². The van der Waals surface area contributed by atoms with Crippen molar-refractivity contribution in [3.63, 3.8) is 0 Å². The molecule has 1 atom stereocenters. The van der Waals surface area contributed by atoms with Crippen LogP contribution in [0.1, 0.15) is 25.8 Å². The topological polar surface area (TPSA) is 36.8 Å². The number of nitrogens with zero attached hydrogens (tertiary/aromatic N) is 2. The Kier molecular flexibility index (Phi) is 5.70. The van der Waals surface area contributed by atoms with E-state index in [9.17, 15) is 0 Å². The van der Waals surface area contributed by atoms with E-state index in [1.165, 1.54) is 0 Å². The van der Waals surface area contributed by atoms with E-state index in [1.54, 1.807) is 7.05 Å². The SMILES string of the molecule is CCC(C)N=C(Cl)NC(=NC)c1ccccc1. The van der Waals surface area contributed by atoms with Crippen LogP contribution in [-0.2, 0) is 0 Å². The van der Waals surface area contributed by atoms with E-state index in [-0.39, 0.29) is 6.04 Å². The second-order valence-electron chi connectivity index (χ2n) is 3.74. The van der Waals surface area contributed by atoms with Crippen LogP contribution in [0.2, 0.25) is 0 Å². The van der Waals surface area contributed by atoms with Crippen LogP contribution in [0.25, 0.3) is 0 Å². The molecular weight excluding hydrogens is 234 g/mol. The molecule has 1 unspecified atom stereocenters. The molecule has 0 aliphatic rings. The van der Waals surface area contributed by atoms with Gasteiger partial charge in [0.2, 0.25) is 0 Å². The summed E-state index contributed by atoms with van der Waals surface area (Å²) in [7, 11) is 1.72. The minimum atomic E-state index is 0.212.